The van der Waals surface area contributed by atoms with Crippen LogP contribution >= 0.6 is 23.2 Å². The van der Waals surface area contributed by atoms with Crippen LogP contribution in [-0.2, 0) is 13.6 Å². The van der Waals surface area contributed by atoms with Crippen molar-refractivity contribution in [2.45, 2.75) is 26.4 Å². The topological polar surface area (TPSA) is 51.0 Å². The monoisotopic (exact) mass is 488 g/mol. The maximum atomic E-state index is 13.7. The van der Waals surface area contributed by atoms with Crippen LogP contribution in [0.1, 0.15) is 19.4 Å². The Balaban J connectivity index is 1.82. The van der Waals surface area contributed by atoms with Crippen LogP contribution in [0.3, 0.4) is 0 Å². The molecular formula is C24H20Cl2F2N4O. The van der Waals surface area contributed by atoms with E-state index in [-0.39, 0.29) is 18.1 Å². The highest BCUT2D eigenvalue weighted by molar-refractivity contribution is 6.39. The maximum absolute atomic E-state index is 13.7. The number of aryl methyl sites for hydroxylation is 1. The van der Waals surface area contributed by atoms with Crippen molar-refractivity contribution >= 4 is 40.2 Å². The predicted molar refractivity (Wildman–Crippen MR) is 128 cm³/mol. The summed E-state index contributed by atoms with van der Waals surface area (Å²) in [6.45, 7) is 4.04. The van der Waals surface area contributed by atoms with E-state index >= 15 is 0 Å². The Morgan fingerprint density at radius 2 is 1.70 bits per heavy atom. The number of fused-ring (bicyclic) bond motifs is 1. The first-order chi connectivity index (χ1) is 15.7. The quantitative estimate of drug-likeness (QED) is 0.345. The van der Waals surface area contributed by atoms with Gasteiger partial charge in [0.25, 0.3) is 5.56 Å². The average Bonchev–Trinajstić information content (AvgIpc) is 2.74. The van der Waals surface area contributed by atoms with E-state index in [1.807, 2.05) is 13.8 Å². The van der Waals surface area contributed by atoms with Gasteiger partial charge in [0.1, 0.15) is 17.3 Å². The summed E-state index contributed by atoms with van der Waals surface area (Å²) in [5.74, 6) is -0.969. The molecule has 0 unspecified atom stereocenters. The van der Waals surface area contributed by atoms with Gasteiger partial charge in [-0.25, -0.2) is 13.8 Å². The summed E-state index contributed by atoms with van der Waals surface area (Å²) in [6, 6.07) is 10.0. The van der Waals surface area contributed by atoms with Gasteiger partial charge in [-0.3, -0.25) is 9.36 Å². The van der Waals surface area contributed by atoms with Crippen molar-refractivity contribution in [1.82, 2.24) is 14.5 Å². The molecule has 0 radical (unpaired) electrons. The van der Waals surface area contributed by atoms with E-state index < -0.39 is 11.6 Å². The molecule has 2 aromatic heterocycles. The van der Waals surface area contributed by atoms with Crippen molar-refractivity contribution in [3.8, 4) is 11.1 Å². The van der Waals surface area contributed by atoms with Crippen molar-refractivity contribution < 1.29 is 8.78 Å². The minimum absolute atomic E-state index is 0.0768. The molecule has 0 spiro atoms. The molecule has 0 atom stereocenters. The molecule has 4 rings (SSSR count). The van der Waals surface area contributed by atoms with Crippen LogP contribution < -0.4 is 10.5 Å². The zero-order valence-corrected chi connectivity index (χ0v) is 19.6. The first kappa shape index (κ1) is 23.1. The molecule has 9 heteroatoms. The van der Waals surface area contributed by atoms with Crippen LogP contribution in [0.15, 0.2) is 53.5 Å². The van der Waals surface area contributed by atoms with E-state index in [0.717, 1.165) is 6.07 Å². The molecule has 170 valence electrons. The second-order valence-corrected chi connectivity index (χ2v) is 8.78. The predicted octanol–water partition coefficient (Wildman–Crippen LogP) is 6.00. The third kappa shape index (κ3) is 4.56. The minimum Gasteiger partial charge on any atom is -0.334 e. The lowest BCUT2D eigenvalue weighted by Gasteiger charge is -2.27. The Morgan fingerprint density at radius 1 is 1.06 bits per heavy atom. The van der Waals surface area contributed by atoms with Gasteiger partial charge < -0.3 is 4.90 Å². The van der Waals surface area contributed by atoms with Gasteiger partial charge in [0.05, 0.1) is 15.6 Å². The van der Waals surface area contributed by atoms with Gasteiger partial charge in [-0.05, 0) is 49.7 Å². The lowest BCUT2D eigenvalue weighted by Crippen LogP contribution is -2.32. The Hall–Kier alpha value is -3.03. The fraction of sp³-hybridized carbons (Fsp3) is 0.208. The van der Waals surface area contributed by atoms with E-state index in [9.17, 15) is 13.6 Å². The van der Waals surface area contributed by atoms with Crippen molar-refractivity contribution in [1.29, 1.82) is 0 Å². The van der Waals surface area contributed by atoms with Crippen molar-refractivity contribution in [2.24, 2.45) is 7.05 Å². The van der Waals surface area contributed by atoms with Crippen LogP contribution in [0.25, 0.3) is 22.2 Å². The van der Waals surface area contributed by atoms with Crippen LogP contribution in [0, 0.1) is 11.6 Å². The zero-order chi connectivity index (χ0) is 23.9. The van der Waals surface area contributed by atoms with Crippen LogP contribution in [0.5, 0.6) is 0 Å². The molecule has 5 nitrogen and oxygen atoms in total. The highest BCUT2D eigenvalue weighted by Gasteiger charge is 2.19. The highest BCUT2D eigenvalue weighted by Crippen LogP contribution is 2.34. The normalized spacial score (nSPS) is 11.4. The standard InChI is InChI=1S/C24H20Cl2F2N4O/c1-13(2)32(12-14-7-16(27)10-17(28)8-14)24-29-11-15-9-18(23(33)31(3)22(15)30-24)21-19(25)5-4-6-20(21)26/h4-11,13H,12H2,1-3H3. The van der Waals surface area contributed by atoms with Gasteiger partial charge >= 0.3 is 0 Å². The summed E-state index contributed by atoms with van der Waals surface area (Å²) in [4.78, 5) is 24.0. The Bertz CT molecular complexity index is 1380. The van der Waals surface area contributed by atoms with Crippen LogP contribution in [0.2, 0.25) is 10.0 Å². The lowest BCUT2D eigenvalue weighted by molar-refractivity contribution is 0.575. The largest absolute Gasteiger partial charge is 0.334 e. The fourth-order valence-corrected chi connectivity index (χ4v) is 4.29. The van der Waals surface area contributed by atoms with Gasteiger partial charge in [-0.1, -0.05) is 29.3 Å². The number of hydrogen-bond acceptors (Lipinski definition) is 4. The average molecular weight is 489 g/mol. The molecule has 0 aliphatic heterocycles. The van der Waals surface area contributed by atoms with E-state index in [0.29, 0.717) is 43.7 Å². The third-order valence-corrected chi connectivity index (χ3v) is 5.95. The molecule has 2 heterocycles. The fourth-order valence-electron chi connectivity index (χ4n) is 3.69. The summed E-state index contributed by atoms with van der Waals surface area (Å²) in [5, 5.41) is 1.35. The molecule has 0 N–H and O–H groups in total. The number of halogens is 4. The van der Waals surface area contributed by atoms with E-state index in [1.165, 1.54) is 16.7 Å². The Morgan fingerprint density at radius 3 is 2.30 bits per heavy atom. The summed E-state index contributed by atoms with van der Waals surface area (Å²) in [5.41, 5.74) is 1.33. The highest BCUT2D eigenvalue weighted by atomic mass is 35.5. The third-order valence-electron chi connectivity index (χ3n) is 5.32. The molecule has 0 fully saturated rings. The lowest BCUT2D eigenvalue weighted by atomic mass is 10.1. The Labute approximate surface area is 199 Å². The van der Waals surface area contributed by atoms with Gasteiger partial charge in [0.2, 0.25) is 5.95 Å². The molecular weight excluding hydrogens is 469 g/mol. The number of pyridine rings is 1. The first-order valence-electron chi connectivity index (χ1n) is 10.2. The number of rotatable bonds is 5. The zero-order valence-electron chi connectivity index (χ0n) is 18.1. The summed E-state index contributed by atoms with van der Waals surface area (Å²) < 4.78 is 28.8. The summed E-state index contributed by atoms with van der Waals surface area (Å²) >= 11 is 12.6. The molecule has 0 amide bonds. The molecule has 4 aromatic rings. The minimum atomic E-state index is -0.652. The second kappa shape index (κ2) is 9.08. The molecule has 0 saturated heterocycles. The van der Waals surface area contributed by atoms with Crippen molar-refractivity contribution in [3.63, 3.8) is 0 Å². The van der Waals surface area contributed by atoms with E-state index in [1.54, 1.807) is 42.4 Å². The van der Waals surface area contributed by atoms with Crippen molar-refractivity contribution in [3.05, 3.63) is 86.3 Å². The number of nitrogens with zero attached hydrogens (tertiary/aromatic N) is 4. The molecule has 0 saturated carbocycles. The van der Waals surface area contributed by atoms with Gasteiger partial charge in [-0.2, -0.15) is 4.98 Å². The van der Waals surface area contributed by atoms with Gasteiger partial charge in [0.15, 0.2) is 0 Å². The molecule has 0 aliphatic rings. The molecule has 0 aliphatic carbocycles. The van der Waals surface area contributed by atoms with Crippen LogP contribution in [0.4, 0.5) is 14.7 Å². The summed E-state index contributed by atoms with van der Waals surface area (Å²) in [7, 11) is 1.61. The van der Waals surface area contributed by atoms with E-state index in [4.69, 9.17) is 23.2 Å². The first-order valence-corrected chi connectivity index (χ1v) is 10.9. The van der Waals surface area contributed by atoms with Crippen LogP contribution in [-0.4, -0.2) is 20.6 Å². The summed E-state index contributed by atoms with van der Waals surface area (Å²) in [6.07, 6.45) is 1.60. The van der Waals surface area contributed by atoms with Gasteiger partial charge in [0, 0.05) is 42.8 Å². The van der Waals surface area contributed by atoms with E-state index in [2.05, 4.69) is 9.97 Å². The van der Waals surface area contributed by atoms with Crippen molar-refractivity contribution in [2.75, 3.05) is 4.90 Å². The number of anilines is 1. The molecule has 2 aromatic carbocycles. The molecule has 33 heavy (non-hydrogen) atoms. The Kier molecular flexibility index (Phi) is 6.36. The number of benzene rings is 2. The smallest absolute Gasteiger partial charge is 0.259 e. The molecule has 0 bridgehead atoms. The SMILES string of the molecule is CC(C)N(Cc1cc(F)cc(F)c1)c1ncc2cc(-c3c(Cl)cccc3Cl)c(=O)n(C)c2n1. The van der Waals surface area contributed by atoms with Gasteiger partial charge in [-0.15, -0.1) is 0 Å². The maximum Gasteiger partial charge on any atom is 0.259 e. The second-order valence-electron chi connectivity index (χ2n) is 7.97. The number of aromatic nitrogens is 3. The number of hydrogen-bond donors (Lipinski definition) is 0.